The summed E-state index contributed by atoms with van der Waals surface area (Å²) in [5.74, 6) is -1.61. The zero-order chi connectivity index (χ0) is 27.4. The van der Waals surface area contributed by atoms with Crippen molar-refractivity contribution in [2.24, 2.45) is 16.8 Å². The van der Waals surface area contributed by atoms with Crippen LogP contribution in [0.15, 0.2) is 17.1 Å². The van der Waals surface area contributed by atoms with E-state index in [1.54, 1.807) is 20.8 Å². The summed E-state index contributed by atoms with van der Waals surface area (Å²) in [6.07, 6.45) is 0.0269. The number of likely N-dealkylation sites (tertiary alicyclic amines) is 1. The molecule has 2 heterocycles. The monoisotopic (exact) mass is 506 g/mol. The Balaban J connectivity index is 2.26. The van der Waals surface area contributed by atoms with Crippen molar-refractivity contribution in [2.45, 2.75) is 91.4 Å². The van der Waals surface area contributed by atoms with Crippen LogP contribution in [0, 0.1) is 11.8 Å². The van der Waals surface area contributed by atoms with E-state index in [0.29, 0.717) is 18.9 Å². The van der Waals surface area contributed by atoms with E-state index in [9.17, 15) is 19.2 Å². The predicted octanol–water partition coefficient (Wildman–Crippen LogP) is 1.98. The molecule has 0 aromatic heterocycles. The van der Waals surface area contributed by atoms with Gasteiger partial charge in [-0.1, -0.05) is 39.8 Å². The van der Waals surface area contributed by atoms with Gasteiger partial charge in [0.2, 0.25) is 23.6 Å². The number of nitrogens with one attached hydrogen (secondary N) is 2. The maximum atomic E-state index is 13.6. The Bertz CT molecular complexity index is 929. The average molecular weight is 507 g/mol. The lowest BCUT2D eigenvalue weighted by Gasteiger charge is -2.37. The normalized spacial score (nSPS) is 27.0. The number of hydrogen-bond acceptors (Lipinski definition) is 7. The first-order valence-corrected chi connectivity index (χ1v) is 12.7. The van der Waals surface area contributed by atoms with Crippen LogP contribution in [0.5, 0.6) is 0 Å². The van der Waals surface area contributed by atoms with Crippen molar-refractivity contribution in [1.82, 2.24) is 15.5 Å². The summed E-state index contributed by atoms with van der Waals surface area (Å²) < 4.78 is 10.9. The number of esters is 1. The minimum Gasteiger partial charge on any atom is -0.480 e. The maximum absolute atomic E-state index is 13.6. The number of nitrogens with zero attached hydrogens (tertiary/aromatic N) is 2. The van der Waals surface area contributed by atoms with Crippen LogP contribution < -0.4 is 10.6 Å². The number of hydrogen-bond donors (Lipinski definition) is 2. The van der Waals surface area contributed by atoms with Gasteiger partial charge in [-0.05, 0) is 39.5 Å². The molecule has 0 bridgehead atoms. The highest BCUT2D eigenvalue weighted by Crippen LogP contribution is 2.34. The van der Waals surface area contributed by atoms with Crippen LogP contribution >= 0.6 is 0 Å². The molecule has 0 saturated carbocycles. The molecular formula is C26H42N4O6. The van der Waals surface area contributed by atoms with Gasteiger partial charge in [-0.3, -0.25) is 14.4 Å². The van der Waals surface area contributed by atoms with E-state index in [1.807, 2.05) is 34.6 Å². The van der Waals surface area contributed by atoms with Gasteiger partial charge in [0.1, 0.15) is 23.2 Å². The van der Waals surface area contributed by atoms with Gasteiger partial charge in [0.05, 0.1) is 19.6 Å². The second-order valence-corrected chi connectivity index (χ2v) is 10.7. The summed E-state index contributed by atoms with van der Waals surface area (Å²) in [5.41, 5.74) is -1.84. The molecule has 10 heteroatoms. The molecule has 2 aliphatic heterocycles. The van der Waals surface area contributed by atoms with Crippen molar-refractivity contribution in [1.29, 1.82) is 0 Å². The van der Waals surface area contributed by atoms with Crippen molar-refractivity contribution in [2.75, 3.05) is 19.8 Å². The molecule has 3 amide bonds. The minimum absolute atomic E-state index is 0.0597. The summed E-state index contributed by atoms with van der Waals surface area (Å²) in [5, 5.41) is 5.71. The Morgan fingerprint density at radius 1 is 1.19 bits per heavy atom. The Morgan fingerprint density at radius 3 is 2.36 bits per heavy atom. The van der Waals surface area contributed by atoms with Crippen molar-refractivity contribution in [3.8, 4) is 0 Å². The molecule has 0 spiro atoms. The first kappa shape index (κ1) is 29.3. The second kappa shape index (κ2) is 11.4. The first-order chi connectivity index (χ1) is 16.7. The highest BCUT2D eigenvalue weighted by molar-refractivity contribution is 6.01. The van der Waals surface area contributed by atoms with Crippen LogP contribution in [0.3, 0.4) is 0 Å². The molecule has 36 heavy (non-hydrogen) atoms. The molecule has 0 aliphatic carbocycles. The van der Waals surface area contributed by atoms with Gasteiger partial charge in [0.25, 0.3) is 0 Å². The Labute approximate surface area is 214 Å². The summed E-state index contributed by atoms with van der Waals surface area (Å²) in [6.45, 7) is 19.0. The van der Waals surface area contributed by atoms with Gasteiger partial charge in [-0.15, -0.1) is 0 Å². The molecule has 10 nitrogen and oxygen atoms in total. The summed E-state index contributed by atoms with van der Waals surface area (Å²) in [4.78, 5) is 58.4. The van der Waals surface area contributed by atoms with E-state index in [4.69, 9.17) is 9.47 Å². The van der Waals surface area contributed by atoms with E-state index < -0.39 is 34.9 Å². The van der Waals surface area contributed by atoms with Crippen molar-refractivity contribution < 1.29 is 28.7 Å². The van der Waals surface area contributed by atoms with Crippen LogP contribution in [0.25, 0.3) is 0 Å². The van der Waals surface area contributed by atoms with Crippen molar-refractivity contribution >= 4 is 29.6 Å². The van der Waals surface area contributed by atoms with Crippen LogP contribution in [0.4, 0.5) is 0 Å². The number of aliphatic imine (C=N–C) groups is 1. The summed E-state index contributed by atoms with van der Waals surface area (Å²) in [6, 6.07) is -1.28. The molecule has 0 unspecified atom stereocenters. The second-order valence-electron chi connectivity index (χ2n) is 10.7. The summed E-state index contributed by atoms with van der Waals surface area (Å²) in [7, 11) is 0. The third-order valence-electron chi connectivity index (χ3n) is 6.66. The Kier molecular flexibility index (Phi) is 9.31. The molecule has 1 fully saturated rings. The Hall–Kier alpha value is -2.91. The average Bonchev–Trinajstić information content (AvgIpc) is 3.09. The van der Waals surface area contributed by atoms with Gasteiger partial charge < -0.3 is 25.0 Å². The molecule has 202 valence electrons. The maximum Gasteiger partial charge on any atom is 0.332 e. The van der Waals surface area contributed by atoms with Gasteiger partial charge in [-0.25, -0.2) is 9.79 Å². The lowest BCUT2D eigenvalue weighted by atomic mass is 9.91. The molecule has 4 atom stereocenters. The van der Waals surface area contributed by atoms with Crippen LogP contribution in [-0.4, -0.2) is 77.4 Å². The third-order valence-corrected chi connectivity index (χ3v) is 6.66. The number of carbonyl (C=O) groups excluding carboxylic acids is 4. The van der Waals surface area contributed by atoms with Gasteiger partial charge >= 0.3 is 5.97 Å². The fourth-order valence-corrected chi connectivity index (χ4v) is 4.61. The molecular weight excluding hydrogens is 464 g/mol. The highest BCUT2D eigenvalue weighted by Gasteiger charge is 2.51. The quantitative estimate of drug-likeness (QED) is 0.364. The fourth-order valence-electron chi connectivity index (χ4n) is 4.61. The molecule has 0 aromatic carbocycles. The highest BCUT2D eigenvalue weighted by atomic mass is 16.5. The van der Waals surface area contributed by atoms with E-state index in [0.717, 1.165) is 5.57 Å². The summed E-state index contributed by atoms with van der Waals surface area (Å²) >= 11 is 0. The minimum atomic E-state index is -1.38. The Morgan fingerprint density at radius 2 is 1.83 bits per heavy atom. The van der Waals surface area contributed by atoms with Gasteiger partial charge in [-0.2, -0.15) is 0 Å². The first-order valence-electron chi connectivity index (χ1n) is 12.7. The van der Waals surface area contributed by atoms with E-state index in [2.05, 4.69) is 22.2 Å². The van der Waals surface area contributed by atoms with Crippen LogP contribution in [-0.2, 0) is 28.7 Å². The zero-order valence-electron chi connectivity index (χ0n) is 22.9. The number of carbonyl (C=O) groups is 4. The molecule has 2 N–H and O–H groups in total. The van der Waals surface area contributed by atoms with E-state index in [1.165, 1.54) is 4.90 Å². The van der Waals surface area contributed by atoms with Gasteiger partial charge in [0.15, 0.2) is 0 Å². The molecule has 0 aromatic rings. The molecule has 0 radical (unpaired) electrons. The lowest BCUT2D eigenvalue weighted by Crippen LogP contribution is -2.61. The predicted molar refractivity (Wildman–Crippen MR) is 136 cm³/mol. The SMILES string of the molecule is C=C1CN(C(=O)[C@@H](NC(=O)C[C@@]2(C)N=C(OCC)[C@H](C(C)C)NC2=O)C(C)C)[C@@](C)(C(=O)OCC)C1. The largest absolute Gasteiger partial charge is 0.480 e. The van der Waals surface area contributed by atoms with Crippen molar-refractivity contribution in [3.63, 3.8) is 0 Å². The van der Waals surface area contributed by atoms with E-state index in [-0.39, 0.29) is 43.4 Å². The van der Waals surface area contributed by atoms with Gasteiger partial charge in [0, 0.05) is 13.0 Å². The van der Waals surface area contributed by atoms with Crippen molar-refractivity contribution in [3.05, 3.63) is 12.2 Å². The number of ether oxygens (including phenoxy) is 2. The molecule has 2 rings (SSSR count). The lowest BCUT2D eigenvalue weighted by molar-refractivity contribution is -0.161. The topological polar surface area (TPSA) is 126 Å². The van der Waals surface area contributed by atoms with Crippen LogP contribution in [0.2, 0.25) is 0 Å². The third kappa shape index (κ3) is 6.07. The van der Waals surface area contributed by atoms with E-state index >= 15 is 0 Å². The smallest absolute Gasteiger partial charge is 0.332 e. The number of amides is 3. The molecule has 1 saturated heterocycles. The standard InChI is InChI=1S/C26H42N4O6/c1-10-35-21-19(15(3)4)28-23(33)25(8,29-21)13-18(31)27-20(16(5)6)22(32)30-14-17(7)12-26(30,9)24(34)36-11-2/h15-16,19-20H,7,10-14H2,1-6,8-9H3,(H,27,31)(H,28,33)/t19-,20-,25+,26+/m0/s1. The molecule has 2 aliphatic rings. The number of rotatable bonds is 9. The fraction of sp³-hybridized carbons (Fsp3) is 0.731. The zero-order valence-corrected chi connectivity index (χ0v) is 22.9. The van der Waals surface area contributed by atoms with Crippen LogP contribution in [0.1, 0.15) is 68.2 Å².